The third kappa shape index (κ3) is 1.85. The van der Waals surface area contributed by atoms with Crippen LogP contribution in [0.15, 0.2) is 12.1 Å². The number of halogens is 3. The van der Waals surface area contributed by atoms with Crippen molar-refractivity contribution in [3.8, 4) is 0 Å². The molecule has 0 spiro atoms. The van der Waals surface area contributed by atoms with E-state index in [1.165, 1.54) is 0 Å². The molecule has 0 aliphatic rings. The van der Waals surface area contributed by atoms with Crippen LogP contribution in [0.5, 0.6) is 0 Å². The minimum absolute atomic E-state index is 0.177. The van der Waals surface area contributed by atoms with E-state index < -0.39 is 35.1 Å². The van der Waals surface area contributed by atoms with Crippen molar-refractivity contribution < 1.29 is 28.2 Å². The molecule has 0 aromatic heterocycles. The van der Waals surface area contributed by atoms with Gasteiger partial charge in [0.1, 0.15) is 5.82 Å². The fourth-order valence-corrected chi connectivity index (χ4v) is 0.881. The van der Waals surface area contributed by atoms with Gasteiger partial charge in [0, 0.05) is 11.6 Å². The number of carboxylic acid groups (broad SMARTS) is 1. The molecule has 2 N–H and O–H groups in total. The molecule has 0 heterocycles. The molecule has 76 valence electrons. The Morgan fingerprint density at radius 1 is 1.14 bits per heavy atom. The number of carbonyl (C=O) groups is 1. The first kappa shape index (κ1) is 10.5. The van der Waals surface area contributed by atoms with E-state index >= 15 is 0 Å². The Kier molecular flexibility index (Phi) is 2.76. The second kappa shape index (κ2) is 3.67. The Labute approximate surface area is 76.4 Å². The van der Waals surface area contributed by atoms with E-state index in [4.69, 9.17) is 10.2 Å². The summed E-state index contributed by atoms with van der Waals surface area (Å²) >= 11 is 0. The lowest BCUT2D eigenvalue weighted by molar-refractivity contribution is -0.147. The lowest BCUT2D eigenvalue weighted by Crippen LogP contribution is -2.13. The van der Waals surface area contributed by atoms with Crippen LogP contribution in [0.2, 0.25) is 0 Å². The first-order valence-electron chi connectivity index (χ1n) is 3.48. The largest absolute Gasteiger partial charge is 0.479 e. The molecule has 3 nitrogen and oxygen atoms in total. The van der Waals surface area contributed by atoms with E-state index in [1.807, 2.05) is 0 Å². The average Bonchev–Trinajstić information content (AvgIpc) is 2.10. The van der Waals surface area contributed by atoms with E-state index in [0.29, 0.717) is 6.07 Å². The molecular weight excluding hydrogens is 201 g/mol. The van der Waals surface area contributed by atoms with Gasteiger partial charge in [-0.15, -0.1) is 0 Å². The maximum atomic E-state index is 12.8. The molecule has 0 radical (unpaired) electrons. The smallest absolute Gasteiger partial charge is 0.337 e. The average molecular weight is 206 g/mol. The summed E-state index contributed by atoms with van der Waals surface area (Å²) < 4.78 is 37.7. The van der Waals surface area contributed by atoms with Gasteiger partial charge in [-0.2, -0.15) is 0 Å². The summed E-state index contributed by atoms with van der Waals surface area (Å²) in [5.74, 6) is -5.90. The predicted molar refractivity (Wildman–Crippen MR) is 38.9 cm³/mol. The molecule has 0 aliphatic heterocycles. The van der Waals surface area contributed by atoms with E-state index in [-0.39, 0.29) is 6.07 Å². The standard InChI is InChI=1S/C8H5F3O3/c9-4-2-6(11)5(10)1-3(4)7(12)8(13)14/h1-2,7,12H,(H,13,14). The number of hydrogen-bond acceptors (Lipinski definition) is 2. The molecule has 1 aromatic carbocycles. The highest BCUT2D eigenvalue weighted by Crippen LogP contribution is 2.20. The first-order valence-corrected chi connectivity index (χ1v) is 3.48. The van der Waals surface area contributed by atoms with Crippen molar-refractivity contribution >= 4 is 5.97 Å². The lowest BCUT2D eigenvalue weighted by atomic mass is 10.1. The van der Waals surface area contributed by atoms with Crippen LogP contribution in [0, 0.1) is 17.5 Å². The molecule has 0 amide bonds. The predicted octanol–water partition coefficient (Wildman–Crippen LogP) is 1.22. The first-order chi connectivity index (χ1) is 6.43. The minimum atomic E-state index is -2.20. The second-order valence-corrected chi connectivity index (χ2v) is 2.53. The number of rotatable bonds is 2. The van der Waals surface area contributed by atoms with Gasteiger partial charge in [0.15, 0.2) is 17.7 Å². The molecule has 1 unspecified atom stereocenters. The highest BCUT2D eigenvalue weighted by atomic mass is 19.2. The molecule has 0 bridgehead atoms. The number of aliphatic hydroxyl groups excluding tert-OH is 1. The second-order valence-electron chi connectivity index (χ2n) is 2.53. The van der Waals surface area contributed by atoms with Gasteiger partial charge in [-0.05, 0) is 6.07 Å². The van der Waals surface area contributed by atoms with Crippen molar-refractivity contribution in [2.45, 2.75) is 6.10 Å². The van der Waals surface area contributed by atoms with Gasteiger partial charge in [-0.3, -0.25) is 0 Å². The molecule has 6 heteroatoms. The van der Waals surface area contributed by atoms with Crippen molar-refractivity contribution in [2.75, 3.05) is 0 Å². The maximum Gasteiger partial charge on any atom is 0.337 e. The molecule has 14 heavy (non-hydrogen) atoms. The molecule has 0 aliphatic carbocycles. The van der Waals surface area contributed by atoms with Crippen LogP contribution >= 0.6 is 0 Å². The molecule has 0 fully saturated rings. The third-order valence-electron chi connectivity index (χ3n) is 1.57. The highest BCUT2D eigenvalue weighted by molar-refractivity contribution is 5.74. The monoisotopic (exact) mass is 206 g/mol. The van der Waals surface area contributed by atoms with Crippen LogP contribution in [-0.2, 0) is 4.79 Å². The Balaban J connectivity index is 3.22. The third-order valence-corrected chi connectivity index (χ3v) is 1.57. The topological polar surface area (TPSA) is 57.5 Å². The molecule has 1 rings (SSSR count). The van der Waals surface area contributed by atoms with Crippen LogP contribution in [0.25, 0.3) is 0 Å². The van der Waals surface area contributed by atoms with Crippen LogP contribution < -0.4 is 0 Å². The van der Waals surface area contributed by atoms with Gasteiger partial charge in [0.05, 0.1) is 0 Å². The number of aliphatic hydroxyl groups is 1. The fourth-order valence-electron chi connectivity index (χ4n) is 0.881. The lowest BCUT2D eigenvalue weighted by Gasteiger charge is -2.07. The molecule has 0 saturated carbocycles. The van der Waals surface area contributed by atoms with Crippen LogP contribution in [0.1, 0.15) is 11.7 Å². The normalized spacial score (nSPS) is 12.6. The van der Waals surface area contributed by atoms with Gasteiger partial charge in [0.2, 0.25) is 0 Å². The summed E-state index contributed by atoms with van der Waals surface area (Å²) in [6, 6.07) is 0.486. The van der Waals surface area contributed by atoms with E-state index in [2.05, 4.69) is 0 Å². The number of aliphatic carboxylic acids is 1. The van der Waals surface area contributed by atoms with Crippen molar-refractivity contribution in [1.82, 2.24) is 0 Å². The zero-order chi connectivity index (χ0) is 10.9. The summed E-state index contributed by atoms with van der Waals surface area (Å²) in [4.78, 5) is 10.2. The SMILES string of the molecule is O=C(O)C(O)c1cc(F)c(F)cc1F. The van der Waals surface area contributed by atoms with Crippen LogP contribution in [-0.4, -0.2) is 16.2 Å². The molecule has 1 atom stereocenters. The fraction of sp³-hybridized carbons (Fsp3) is 0.125. The van der Waals surface area contributed by atoms with Crippen molar-refractivity contribution in [2.24, 2.45) is 0 Å². The summed E-state index contributed by atoms with van der Waals surface area (Å²) in [7, 11) is 0. The Morgan fingerprint density at radius 3 is 2.14 bits per heavy atom. The Bertz CT molecular complexity index is 378. The van der Waals surface area contributed by atoms with Gasteiger partial charge in [-0.25, -0.2) is 18.0 Å². The van der Waals surface area contributed by atoms with Crippen LogP contribution in [0.3, 0.4) is 0 Å². The van der Waals surface area contributed by atoms with E-state index in [1.54, 1.807) is 0 Å². The van der Waals surface area contributed by atoms with Gasteiger partial charge in [-0.1, -0.05) is 0 Å². The molecule has 0 saturated heterocycles. The van der Waals surface area contributed by atoms with Gasteiger partial charge < -0.3 is 10.2 Å². The van der Waals surface area contributed by atoms with Crippen molar-refractivity contribution in [1.29, 1.82) is 0 Å². The highest BCUT2D eigenvalue weighted by Gasteiger charge is 2.22. The van der Waals surface area contributed by atoms with Crippen molar-refractivity contribution in [3.63, 3.8) is 0 Å². The van der Waals surface area contributed by atoms with Gasteiger partial charge in [0.25, 0.3) is 0 Å². The number of benzene rings is 1. The summed E-state index contributed by atoms with van der Waals surface area (Å²) in [6.45, 7) is 0. The number of hydrogen-bond donors (Lipinski definition) is 2. The quantitative estimate of drug-likeness (QED) is 0.715. The van der Waals surface area contributed by atoms with E-state index in [0.717, 1.165) is 0 Å². The molecule has 1 aromatic rings. The molecular formula is C8H5F3O3. The maximum absolute atomic E-state index is 12.8. The summed E-state index contributed by atoms with van der Waals surface area (Å²) in [6.07, 6.45) is -2.20. The Morgan fingerprint density at radius 2 is 1.64 bits per heavy atom. The van der Waals surface area contributed by atoms with Crippen molar-refractivity contribution in [3.05, 3.63) is 35.1 Å². The van der Waals surface area contributed by atoms with Gasteiger partial charge >= 0.3 is 5.97 Å². The van der Waals surface area contributed by atoms with E-state index in [9.17, 15) is 18.0 Å². The Hall–Kier alpha value is -1.56. The van der Waals surface area contributed by atoms with Crippen LogP contribution in [0.4, 0.5) is 13.2 Å². The summed E-state index contributed by atoms with van der Waals surface area (Å²) in [5.41, 5.74) is -0.809. The number of carboxylic acids is 1. The minimum Gasteiger partial charge on any atom is -0.479 e. The zero-order valence-electron chi connectivity index (χ0n) is 6.67. The summed E-state index contributed by atoms with van der Waals surface area (Å²) in [5, 5.41) is 17.2. The zero-order valence-corrected chi connectivity index (χ0v) is 6.67.